The van der Waals surface area contributed by atoms with Crippen molar-refractivity contribution in [3.05, 3.63) is 30.1 Å². The molecule has 0 aliphatic rings. The second-order valence-electron chi connectivity index (χ2n) is 3.73. The maximum absolute atomic E-state index is 12.6. The molecule has 0 saturated carbocycles. The molecule has 1 aromatic rings. The summed E-state index contributed by atoms with van der Waals surface area (Å²) in [6.07, 6.45) is 0. The van der Waals surface area contributed by atoms with Gasteiger partial charge in [0, 0.05) is 12.2 Å². The normalized spacial score (nSPS) is 11.8. The van der Waals surface area contributed by atoms with Gasteiger partial charge in [-0.2, -0.15) is 0 Å². The maximum Gasteiger partial charge on any atom is 0.233 e. The van der Waals surface area contributed by atoms with Crippen LogP contribution in [0, 0.1) is 5.82 Å². The van der Waals surface area contributed by atoms with Crippen molar-refractivity contribution in [2.45, 2.75) is 0 Å². The SMILES string of the molecule is CN(C)CCS(=O)(=O)Nc1ccc(F)cc1. The lowest BCUT2D eigenvalue weighted by atomic mass is 10.3. The third kappa shape index (κ3) is 4.59. The number of sulfonamides is 1. The van der Waals surface area contributed by atoms with Crippen molar-refractivity contribution in [2.75, 3.05) is 31.1 Å². The van der Waals surface area contributed by atoms with Gasteiger partial charge in [-0.1, -0.05) is 0 Å². The lowest BCUT2D eigenvalue weighted by Crippen LogP contribution is -2.26. The molecule has 4 nitrogen and oxygen atoms in total. The van der Waals surface area contributed by atoms with Gasteiger partial charge in [0.1, 0.15) is 5.82 Å². The van der Waals surface area contributed by atoms with E-state index in [1.54, 1.807) is 19.0 Å². The molecule has 0 bridgehead atoms. The molecule has 0 saturated heterocycles. The van der Waals surface area contributed by atoms with Crippen molar-refractivity contribution in [1.29, 1.82) is 0 Å². The monoisotopic (exact) mass is 246 g/mol. The first kappa shape index (κ1) is 12.9. The fraction of sp³-hybridized carbons (Fsp3) is 0.400. The van der Waals surface area contributed by atoms with E-state index in [2.05, 4.69) is 4.72 Å². The molecule has 16 heavy (non-hydrogen) atoms. The molecule has 90 valence electrons. The summed E-state index contributed by atoms with van der Waals surface area (Å²) < 4.78 is 38.1. The first-order chi connectivity index (χ1) is 7.39. The molecule has 1 rings (SSSR count). The fourth-order valence-electron chi connectivity index (χ4n) is 1.05. The molecule has 0 aliphatic carbocycles. The highest BCUT2D eigenvalue weighted by Crippen LogP contribution is 2.10. The molecule has 0 unspecified atom stereocenters. The van der Waals surface area contributed by atoms with Gasteiger partial charge < -0.3 is 4.90 Å². The molecule has 0 amide bonds. The number of hydrogen-bond acceptors (Lipinski definition) is 3. The van der Waals surface area contributed by atoms with Crippen LogP contribution < -0.4 is 4.72 Å². The first-order valence-corrected chi connectivity index (χ1v) is 6.45. The van der Waals surface area contributed by atoms with Crippen LogP contribution >= 0.6 is 0 Å². The Balaban J connectivity index is 2.62. The van der Waals surface area contributed by atoms with Gasteiger partial charge in [-0.05, 0) is 38.4 Å². The van der Waals surface area contributed by atoms with Gasteiger partial charge in [0.25, 0.3) is 0 Å². The third-order valence-corrected chi connectivity index (χ3v) is 3.19. The van der Waals surface area contributed by atoms with E-state index < -0.39 is 15.8 Å². The minimum atomic E-state index is -3.36. The second-order valence-corrected chi connectivity index (χ2v) is 5.57. The van der Waals surface area contributed by atoms with Crippen LogP contribution in [0.2, 0.25) is 0 Å². The van der Waals surface area contributed by atoms with Crippen molar-refractivity contribution >= 4 is 15.7 Å². The second kappa shape index (κ2) is 5.27. The molecule has 1 N–H and O–H groups in total. The van der Waals surface area contributed by atoms with E-state index in [4.69, 9.17) is 0 Å². The van der Waals surface area contributed by atoms with Crippen molar-refractivity contribution < 1.29 is 12.8 Å². The molecule has 0 spiro atoms. The van der Waals surface area contributed by atoms with Crippen LogP contribution in [-0.2, 0) is 10.0 Å². The number of nitrogens with one attached hydrogen (secondary N) is 1. The molecule has 0 radical (unpaired) electrons. The predicted octanol–water partition coefficient (Wildman–Crippen LogP) is 1.13. The van der Waals surface area contributed by atoms with E-state index >= 15 is 0 Å². The number of hydrogen-bond donors (Lipinski definition) is 1. The number of anilines is 1. The Morgan fingerprint density at radius 3 is 2.31 bits per heavy atom. The average molecular weight is 246 g/mol. The summed E-state index contributed by atoms with van der Waals surface area (Å²) in [5, 5.41) is 0. The first-order valence-electron chi connectivity index (χ1n) is 4.80. The summed E-state index contributed by atoms with van der Waals surface area (Å²) in [5.41, 5.74) is 0.375. The van der Waals surface area contributed by atoms with E-state index in [0.717, 1.165) is 0 Å². The molecule has 1 aromatic carbocycles. The van der Waals surface area contributed by atoms with Gasteiger partial charge in [0.05, 0.1) is 5.75 Å². The summed E-state index contributed by atoms with van der Waals surface area (Å²) in [6, 6.07) is 5.21. The quantitative estimate of drug-likeness (QED) is 0.847. The molecule has 0 heterocycles. The Morgan fingerprint density at radius 2 is 1.81 bits per heavy atom. The molecule has 0 aromatic heterocycles. The van der Waals surface area contributed by atoms with Crippen LogP contribution in [-0.4, -0.2) is 39.7 Å². The number of benzene rings is 1. The largest absolute Gasteiger partial charge is 0.308 e. The smallest absolute Gasteiger partial charge is 0.233 e. The highest BCUT2D eigenvalue weighted by molar-refractivity contribution is 7.92. The van der Waals surface area contributed by atoms with Gasteiger partial charge in [-0.15, -0.1) is 0 Å². The van der Waals surface area contributed by atoms with Gasteiger partial charge >= 0.3 is 0 Å². The van der Waals surface area contributed by atoms with Gasteiger partial charge in [0.2, 0.25) is 10.0 Å². The zero-order valence-electron chi connectivity index (χ0n) is 9.27. The average Bonchev–Trinajstić information content (AvgIpc) is 2.19. The molecule has 0 atom stereocenters. The minimum Gasteiger partial charge on any atom is -0.308 e. The fourth-order valence-corrected chi connectivity index (χ4v) is 2.25. The summed E-state index contributed by atoms with van der Waals surface area (Å²) in [7, 11) is 0.241. The Bertz CT molecular complexity index is 429. The topological polar surface area (TPSA) is 49.4 Å². The summed E-state index contributed by atoms with van der Waals surface area (Å²) in [6.45, 7) is 0.441. The van der Waals surface area contributed by atoms with E-state index in [-0.39, 0.29) is 5.75 Å². The van der Waals surface area contributed by atoms with E-state index in [1.807, 2.05) is 0 Å². The number of halogens is 1. The van der Waals surface area contributed by atoms with E-state index in [1.165, 1.54) is 24.3 Å². The van der Waals surface area contributed by atoms with Crippen LogP contribution in [0.4, 0.5) is 10.1 Å². The highest BCUT2D eigenvalue weighted by Gasteiger charge is 2.10. The van der Waals surface area contributed by atoms with Crippen molar-refractivity contribution in [3.8, 4) is 0 Å². The standard InChI is InChI=1S/C10H15FN2O2S/c1-13(2)7-8-16(14,15)12-10-5-3-9(11)4-6-10/h3-6,12H,7-8H2,1-2H3. The van der Waals surface area contributed by atoms with Crippen molar-refractivity contribution in [2.24, 2.45) is 0 Å². The third-order valence-electron chi connectivity index (χ3n) is 1.92. The van der Waals surface area contributed by atoms with E-state index in [0.29, 0.717) is 12.2 Å². The zero-order chi connectivity index (χ0) is 12.2. The van der Waals surface area contributed by atoms with Crippen LogP contribution in [0.5, 0.6) is 0 Å². The lowest BCUT2D eigenvalue weighted by Gasteiger charge is -2.11. The Kier molecular flexibility index (Phi) is 4.26. The maximum atomic E-state index is 12.6. The summed E-state index contributed by atoms with van der Waals surface area (Å²) in [5.74, 6) is -0.381. The molecule has 6 heteroatoms. The summed E-state index contributed by atoms with van der Waals surface area (Å²) in [4.78, 5) is 1.78. The Hall–Kier alpha value is -1.14. The Morgan fingerprint density at radius 1 is 1.25 bits per heavy atom. The van der Waals surface area contributed by atoms with Gasteiger partial charge in [-0.25, -0.2) is 12.8 Å². The van der Waals surface area contributed by atoms with Gasteiger partial charge in [-0.3, -0.25) is 4.72 Å². The van der Waals surface area contributed by atoms with Gasteiger partial charge in [0.15, 0.2) is 0 Å². The van der Waals surface area contributed by atoms with Crippen molar-refractivity contribution in [3.63, 3.8) is 0 Å². The van der Waals surface area contributed by atoms with E-state index in [9.17, 15) is 12.8 Å². The predicted molar refractivity (Wildman–Crippen MR) is 62.4 cm³/mol. The number of rotatable bonds is 5. The zero-order valence-corrected chi connectivity index (χ0v) is 10.1. The molecular formula is C10H15FN2O2S. The van der Waals surface area contributed by atoms with Crippen LogP contribution in [0.15, 0.2) is 24.3 Å². The molecular weight excluding hydrogens is 231 g/mol. The highest BCUT2D eigenvalue weighted by atomic mass is 32.2. The lowest BCUT2D eigenvalue weighted by molar-refractivity contribution is 0.432. The Labute approximate surface area is 95.1 Å². The summed E-state index contributed by atoms with van der Waals surface area (Å²) >= 11 is 0. The molecule has 0 aliphatic heterocycles. The minimum absolute atomic E-state index is 0.0113. The van der Waals surface area contributed by atoms with Crippen molar-refractivity contribution in [1.82, 2.24) is 4.90 Å². The van der Waals surface area contributed by atoms with Crippen LogP contribution in [0.1, 0.15) is 0 Å². The van der Waals surface area contributed by atoms with Crippen LogP contribution in [0.3, 0.4) is 0 Å². The van der Waals surface area contributed by atoms with Crippen LogP contribution in [0.25, 0.3) is 0 Å². The number of nitrogens with zero attached hydrogens (tertiary/aromatic N) is 1. The molecule has 0 fully saturated rings.